The van der Waals surface area contributed by atoms with E-state index in [1.165, 1.54) is 16.2 Å². The first-order valence-electron chi connectivity index (χ1n) is 18.6. The molecule has 0 radical (unpaired) electrons. The van der Waals surface area contributed by atoms with Crippen molar-refractivity contribution in [1.29, 1.82) is 0 Å². The normalized spacial score (nSPS) is 11.9. The molecule has 12 rings (SSSR count). The Morgan fingerprint density at radius 3 is 1.82 bits per heavy atom. The molecule has 0 fully saturated rings. The SMILES string of the molecule is c1ccc(-c2nc3ccc4oc5ccc6ccc(-c7nc(-c8ccc9c(ccc%10ccccc%109)c8)nc(-c8cccc9ccccc89)n7)cc6c5c4c3o2)cc1. The second-order valence-corrected chi connectivity index (χ2v) is 14.2. The lowest BCUT2D eigenvalue weighted by Crippen LogP contribution is -2.00. The van der Waals surface area contributed by atoms with Gasteiger partial charge in [-0.1, -0.05) is 127 Å². The van der Waals surface area contributed by atoms with E-state index in [1.54, 1.807) is 0 Å². The molecule has 0 amide bonds. The molecule has 0 aliphatic heterocycles. The number of oxazole rings is 1. The molecule has 9 aromatic carbocycles. The van der Waals surface area contributed by atoms with Crippen LogP contribution in [-0.4, -0.2) is 19.9 Å². The Balaban J connectivity index is 1.09. The number of fused-ring (bicyclic) bond motifs is 11. The fraction of sp³-hybridized carbons (Fsp3) is 0. The minimum Gasteiger partial charge on any atom is -0.456 e. The first kappa shape index (κ1) is 30.7. The number of hydrogen-bond donors (Lipinski definition) is 0. The zero-order chi connectivity index (χ0) is 36.7. The highest BCUT2D eigenvalue weighted by molar-refractivity contribution is 6.25. The van der Waals surface area contributed by atoms with E-state index in [0.29, 0.717) is 28.9 Å². The fourth-order valence-corrected chi connectivity index (χ4v) is 8.23. The zero-order valence-electron chi connectivity index (χ0n) is 29.8. The molecule has 6 heteroatoms. The van der Waals surface area contributed by atoms with Gasteiger partial charge in [-0.25, -0.2) is 19.9 Å². The minimum atomic E-state index is 0.573. The predicted molar refractivity (Wildman–Crippen MR) is 226 cm³/mol. The van der Waals surface area contributed by atoms with Crippen LogP contribution in [0.2, 0.25) is 0 Å². The van der Waals surface area contributed by atoms with Crippen LogP contribution in [0.3, 0.4) is 0 Å². The molecule has 0 unspecified atom stereocenters. The average molecular weight is 717 g/mol. The number of benzene rings is 9. The number of furan rings is 1. The lowest BCUT2D eigenvalue weighted by molar-refractivity contribution is 0.622. The molecule has 0 spiro atoms. The second-order valence-electron chi connectivity index (χ2n) is 14.2. The Labute approximate surface area is 319 Å². The van der Waals surface area contributed by atoms with Gasteiger partial charge < -0.3 is 8.83 Å². The first-order chi connectivity index (χ1) is 27.7. The molecule has 0 aliphatic rings. The van der Waals surface area contributed by atoms with Crippen LogP contribution in [0.4, 0.5) is 0 Å². The van der Waals surface area contributed by atoms with Crippen molar-refractivity contribution in [2.45, 2.75) is 0 Å². The molecule has 0 aliphatic carbocycles. The van der Waals surface area contributed by atoms with Gasteiger partial charge in [0.05, 0.1) is 5.39 Å². The largest absolute Gasteiger partial charge is 0.456 e. The minimum absolute atomic E-state index is 0.573. The van der Waals surface area contributed by atoms with Crippen molar-refractivity contribution >= 4 is 76.1 Å². The quantitative estimate of drug-likeness (QED) is 0.169. The molecule has 6 nitrogen and oxygen atoms in total. The lowest BCUT2D eigenvalue weighted by atomic mass is 9.99. The fourth-order valence-electron chi connectivity index (χ4n) is 8.23. The van der Waals surface area contributed by atoms with Crippen LogP contribution in [0.5, 0.6) is 0 Å². The Morgan fingerprint density at radius 1 is 0.339 bits per heavy atom. The lowest BCUT2D eigenvalue weighted by Gasteiger charge is -2.12. The monoisotopic (exact) mass is 716 g/mol. The molecule has 3 heterocycles. The average Bonchev–Trinajstić information content (AvgIpc) is 3.88. The summed E-state index contributed by atoms with van der Waals surface area (Å²) in [6.07, 6.45) is 0. The van der Waals surface area contributed by atoms with Gasteiger partial charge in [0, 0.05) is 27.6 Å². The smallest absolute Gasteiger partial charge is 0.227 e. The summed E-state index contributed by atoms with van der Waals surface area (Å²) in [5.74, 6) is 2.38. The molecule has 0 N–H and O–H groups in total. The van der Waals surface area contributed by atoms with E-state index >= 15 is 0 Å². The molecule has 56 heavy (non-hydrogen) atoms. The molecule has 12 aromatic rings. The highest BCUT2D eigenvalue weighted by Gasteiger charge is 2.20. The third-order valence-electron chi connectivity index (χ3n) is 10.9. The maximum atomic E-state index is 6.51. The van der Waals surface area contributed by atoms with Gasteiger partial charge in [0.25, 0.3) is 0 Å². The molecule has 0 saturated carbocycles. The molecule has 3 aromatic heterocycles. The van der Waals surface area contributed by atoms with Crippen molar-refractivity contribution in [3.05, 3.63) is 170 Å². The first-order valence-corrected chi connectivity index (χ1v) is 18.6. The van der Waals surface area contributed by atoms with Crippen LogP contribution in [0.15, 0.2) is 179 Å². The van der Waals surface area contributed by atoms with Crippen LogP contribution < -0.4 is 0 Å². The Morgan fingerprint density at radius 2 is 0.946 bits per heavy atom. The standard InChI is InChI=1S/C50H28N4O2/c1-2-11-32(12-3-1)50-51-41-24-26-43-45(46(41)56-50)44-40-28-35(20-18-31(40)22-25-42(44)55-43)48-52-47(53-49(54-48)39-16-8-13-29-9-4-7-15-37(29)39)34-21-23-38-33(27-34)19-17-30-10-5-6-14-36(30)38/h1-28H. The van der Waals surface area contributed by atoms with Crippen LogP contribution in [0.25, 0.3) is 122 Å². The van der Waals surface area contributed by atoms with Gasteiger partial charge in [-0.05, 0) is 85.6 Å². The van der Waals surface area contributed by atoms with Gasteiger partial charge in [-0.2, -0.15) is 0 Å². The third-order valence-corrected chi connectivity index (χ3v) is 10.9. The van der Waals surface area contributed by atoms with Gasteiger partial charge in [0.15, 0.2) is 23.1 Å². The third kappa shape index (κ3) is 4.76. The van der Waals surface area contributed by atoms with E-state index in [0.717, 1.165) is 76.6 Å². The highest BCUT2D eigenvalue weighted by Crippen LogP contribution is 2.41. The summed E-state index contributed by atoms with van der Waals surface area (Å²) in [5.41, 5.74) is 6.64. The summed E-state index contributed by atoms with van der Waals surface area (Å²) < 4.78 is 13.0. The van der Waals surface area contributed by atoms with Crippen molar-refractivity contribution < 1.29 is 8.83 Å². The van der Waals surface area contributed by atoms with Crippen molar-refractivity contribution in [2.75, 3.05) is 0 Å². The molecular weight excluding hydrogens is 689 g/mol. The summed E-state index contributed by atoms with van der Waals surface area (Å²) in [6.45, 7) is 0. The van der Waals surface area contributed by atoms with Crippen molar-refractivity contribution in [1.82, 2.24) is 19.9 Å². The van der Waals surface area contributed by atoms with E-state index in [9.17, 15) is 0 Å². The van der Waals surface area contributed by atoms with Crippen LogP contribution >= 0.6 is 0 Å². The highest BCUT2D eigenvalue weighted by atomic mass is 16.4. The van der Waals surface area contributed by atoms with E-state index < -0.39 is 0 Å². The number of rotatable bonds is 4. The van der Waals surface area contributed by atoms with Crippen LogP contribution in [0, 0.1) is 0 Å². The molecule has 0 bridgehead atoms. The van der Waals surface area contributed by atoms with Crippen LogP contribution in [0.1, 0.15) is 0 Å². The van der Waals surface area contributed by atoms with E-state index in [4.69, 9.17) is 28.8 Å². The van der Waals surface area contributed by atoms with Crippen molar-refractivity contribution in [3.8, 4) is 45.6 Å². The topological polar surface area (TPSA) is 77.8 Å². The second kappa shape index (κ2) is 11.9. The van der Waals surface area contributed by atoms with Gasteiger partial charge in [0.2, 0.25) is 5.89 Å². The molecule has 260 valence electrons. The maximum Gasteiger partial charge on any atom is 0.227 e. The maximum absolute atomic E-state index is 6.51. The van der Waals surface area contributed by atoms with Gasteiger partial charge in [0.1, 0.15) is 16.7 Å². The van der Waals surface area contributed by atoms with E-state index in [2.05, 4.69) is 121 Å². The van der Waals surface area contributed by atoms with Crippen molar-refractivity contribution in [2.24, 2.45) is 0 Å². The van der Waals surface area contributed by atoms with Gasteiger partial charge >= 0.3 is 0 Å². The number of aromatic nitrogens is 4. The van der Waals surface area contributed by atoms with Crippen molar-refractivity contribution in [3.63, 3.8) is 0 Å². The summed E-state index contributed by atoms with van der Waals surface area (Å²) in [6, 6.07) is 58.4. The zero-order valence-corrected chi connectivity index (χ0v) is 29.8. The molecule has 0 saturated heterocycles. The molecular formula is C50H28N4O2. The van der Waals surface area contributed by atoms with E-state index in [1.807, 2.05) is 48.5 Å². The summed E-state index contributed by atoms with van der Waals surface area (Å²) >= 11 is 0. The Bertz CT molecular complexity index is 3540. The Hall–Kier alpha value is -7.70. The Kier molecular flexibility index (Phi) is 6.53. The molecule has 0 atom stereocenters. The number of nitrogens with zero attached hydrogens (tertiary/aromatic N) is 4. The van der Waals surface area contributed by atoms with E-state index in [-0.39, 0.29) is 0 Å². The van der Waals surface area contributed by atoms with Crippen LogP contribution in [-0.2, 0) is 0 Å². The summed E-state index contributed by atoms with van der Waals surface area (Å²) in [7, 11) is 0. The number of hydrogen-bond acceptors (Lipinski definition) is 6. The van der Waals surface area contributed by atoms with Gasteiger partial charge in [-0.3, -0.25) is 0 Å². The summed E-state index contributed by atoms with van der Waals surface area (Å²) in [4.78, 5) is 20.4. The predicted octanol–water partition coefficient (Wildman–Crippen LogP) is 13.2. The van der Waals surface area contributed by atoms with Gasteiger partial charge in [-0.15, -0.1) is 0 Å². The summed E-state index contributed by atoms with van der Waals surface area (Å²) in [5, 5.41) is 10.9.